The smallest absolute Gasteiger partial charge is 0.0726 e. The fourth-order valence-corrected chi connectivity index (χ4v) is 11.5. The van der Waals surface area contributed by atoms with Crippen LogP contribution in [-0.4, -0.2) is 4.57 Å². The van der Waals surface area contributed by atoms with Gasteiger partial charge >= 0.3 is 0 Å². The van der Waals surface area contributed by atoms with Crippen LogP contribution in [0.2, 0.25) is 0 Å². The number of hydrogen-bond donors (Lipinski definition) is 0. The molecule has 0 unspecified atom stereocenters. The topological polar surface area (TPSA) is 4.93 Å². The number of rotatable bonds is 2. The summed E-state index contributed by atoms with van der Waals surface area (Å²) in [5, 5.41) is 5.13. The van der Waals surface area contributed by atoms with Crippen LogP contribution in [0.5, 0.6) is 0 Å². The van der Waals surface area contributed by atoms with Gasteiger partial charge in [0.25, 0.3) is 0 Å². The lowest BCUT2D eigenvalue weighted by molar-refractivity contribution is 0.794. The fraction of sp³-hybridized carbons (Fsp3) is 0.0204. The Morgan fingerprint density at radius 1 is 0.462 bits per heavy atom. The van der Waals surface area contributed by atoms with Crippen LogP contribution in [0.3, 0.4) is 0 Å². The van der Waals surface area contributed by atoms with Crippen LogP contribution in [0.4, 0.5) is 0 Å². The van der Waals surface area contributed by atoms with Gasteiger partial charge in [-0.15, -0.1) is 11.3 Å². The van der Waals surface area contributed by atoms with Crippen LogP contribution in [-0.2, 0) is 5.41 Å². The van der Waals surface area contributed by atoms with Gasteiger partial charge in [-0.05, 0) is 98.6 Å². The van der Waals surface area contributed by atoms with E-state index in [-0.39, 0.29) is 5.41 Å². The molecule has 1 nitrogen and oxygen atoms in total. The van der Waals surface area contributed by atoms with Crippen molar-refractivity contribution >= 4 is 69.2 Å². The highest BCUT2D eigenvalue weighted by molar-refractivity contribution is 9.10. The van der Waals surface area contributed by atoms with Crippen molar-refractivity contribution in [2.45, 2.75) is 5.41 Å². The molecule has 0 amide bonds. The number of aromatic nitrogens is 1. The van der Waals surface area contributed by atoms with Gasteiger partial charge < -0.3 is 4.57 Å². The molecule has 2 aliphatic carbocycles. The van der Waals surface area contributed by atoms with Crippen LogP contribution < -0.4 is 0 Å². The van der Waals surface area contributed by atoms with Crippen molar-refractivity contribution in [3.63, 3.8) is 0 Å². The van der Waals surface area contributed by atoms with E-state index < -0.39 is 0 Å². The molecule has 3 heteroatoms. The molecule has 242 valence electrons. The normalized spacial score (nSPS) is 13.6. The Kier molecular flexibility index (Phi) is 5.79. The highest BCUT2D eigenvalue weighted by atomic mass is 79.9. The number of nitrogens with zero attached hydrogens (tertiary/aromatic N) is 1. The molecule has 2 heterocycles. The van der Waals surface area contributed by atoms with Crippen molar-refractivity contribution in [2.75, 3.05) is 0 Å². The molecule has 2 aliphatic rings. The number of fused-ring (bicyclic) bond motifs is 17. The summed E-state index contributed by atoms with van der Waals surface area (Å²) in [6, 6.07) is 63.6. The molecule has 0 N–H and O–H groups in total. The Morgan fingerprint density at radius 2 is 1.10 bits per heavy atom. The summed E-state index contributed by atoms with van der Waals surface area (Å²) in [6.45, 7) is 0. The molecule has 12 rings (SSSR count). The lowest BCUT2D eigenvalue weighted by Crippen LogP contribution is -2.25. The van der Waals surface area contributed by atoms with Crippen molar-refractivity contribution in [1.82, 2.24) is 4.57 Å². The zero-order valence-electron chi connectivity index (χ0n) is 27.9. The van der Waals surface area contributed by atoms with E-state index in [9.17, 15) is 0 Å². The lowest BCUT2D eigenvalue weighted by atomic mass is 9.70. The molecular formula is C49H28BrNS. The molecule has 2 aromatic heterocycles. The van der Waals surface area contributed by atoms with Gasteiger partial charge in [-0.25, -0.2) is 0 Å². The van der Waals surface area contributed by atoms with E-state index in [0.717, 1.165) is 4.47 Å². The van der Waals surface area contributed by atoms with E-state index in [0.29, 0.717) is 0 Å². The highest BCUT2D eigenvalue weighted by Crippen LogP contribution is 2.64. The first kappa shape index (κ1) is 28.9. The first-order valence-corrected chi connectivity index (χ1v) is 19.4. The quantitative estimate of drug-likeness (QED) is 0.166. The first-order valence-electron chi connectivity index (χ1n) is 17.8. The summed E-state index contributed by atoms with van der Waals surface area (Å²) < 4.78 is 6.28. The molecule has 0 fully saturated rings. The SMILES string of the molecule is Brc1cccc2sc3ccc(-c4ccc5c(c4)c4ccc6c(c4n5-c4ccccc4)-c4ccccc4C64c5ccccc5-c5ccccc54)cc3c12. The van der Waals surface area contributed by atoms with Gasteiger partial charge in [0, 0.05) is 46.7 Å². The zero-order valence-corrected chi connectivity index (χ0v) is 30.3. The summed E-state index contributed by atoms with van der Waals surface area (Å²) in [5.74, 6) is 0. The van der Waals surface area contributed by atoms with E-state index >= 15 is 0 Å². The fourth-order valence-electron chi connectivity index (χ4n) is 9.67. The average Bonchev–Trinajstić information content (AvgIpc) is 3.92. The van der Waals surface area contributed by atoms with E-state index in [4.69, 9.17) is 0 Å². The van der Waals surface area contributed by atoms with Crippen molar-refractivity contribution in [3.05, 3.63) is 197 Å². The summed E-state index contributed by atoms with van der Waals surface area (Å²) in [7, 11) is 0. The third-order valence-electron chi connectivity index (χ3n) is 11.7. The predicted octanol–water partition coefficient (Wildman–Crippen LogP) is 13.9. The number of halogens is 1. The van der Waals surface area contributed by atoms with Gasteiger partial charge in [0.05, 0.1) is 16.4 Å². The Balaban J connectivity index is 1.19. The highest BCUT2D eigenvalue weighted by Gasteiger charge is 2.52. The zero-order chi connectivity index (χ0) is 34.1. The number of para-hydroxylation sites is 1. The van der Waals surface area contributed by atoms with Crippen molar-refractivity contribution in [3.8, 4) is 39.1 Å². The lowest BCUT2D eigenvalue weighted by Gasteiger charge is -2.30. The Bertz CT molecular complexity index is 3100. The second-order valence-electron chi connectivity index (χ2n) is 14.1. The molecule has 0 saturated heterocycles. The molecule has 0 atom stereocenters. The predicted molar refractivity (Wildman–Crippen MR) is 223 cm³/mol. The molecule has 0 radical (unpaired) electrons. The minimum atomic E-state index is -0.385. The van der Waals surface area contributed by atoms with Gasteiger partial charge in [0.1, 0.15) is 0 Å². The van der Waals surface area contributed by atoms with Crippen LogP contribution in [0.25, 0.3) is 81.0 Å². The average molecular weight is 743 g/mol. The number of thiophene rings is 1. The summed E-state index contributed by atoms with van der Waals surface area (Å²) in [6.07, 6.45) is 0. The van der Waals surface area contributed by atoms with Gasteiger partial charge in [0.15, 0.2) is 0 Å². The van der Waals surface area contributed by atoms with E-state index in [1.165, 1.54) is 103 Å². The molecule has 0 aliphatic heterocycles. The van der Waals surface area contributed by atoms with Crippen LogP contribution >= 0.6 is 27.3 Å². The number of benzene rings is 8. The third kappa shape index (κ3) is 3.57. The standard InChI is InChI=1S/C49H28BrNS/c50-42-19-10-20-45-47(42)37-28-30(22-26-44(37)52-45)29-21-25-43-36(27-29)34-23-24-41-46(48(34)51(43)31-11-2-1-3-12-31)35-15-6-9-18-40(35)49(41)38-16-7-4-13-32(38)33-14-5-8-17-39(33)49/h1-28H. The van der Waals surface area contributed by atoms with Crippen molar-refractivity contribution < 1.29 is 0 Å². The largest absolute Gasteiger partial charge is 0.309 e. The molecule has 1 spiro atoms. The summed E-state index contributed by atoms with van der Waals surface area (Å²) in [4.78, 5) is 0. The third-order valence-corrected chi connectivity index (χ3v) is 13.5. The molecule has 10 aromatic rings. The maximum absolute atomic E-state index is 3.84. The second kappa shape index (κ2) is 10.4. The summed E-state index contributed by atoms with van der Waals surface area (Å²) >= 11 is 5.70. The maximum atomic E-state index is 3.84. The van der Waals surface area contributed by atoms with Crippen LogP contribution in [0.1, 0.15) is 22.3 Å². The monoisotopic (exact) mass is 741 g/mol. The summed E-state index contributed by atoms with van der Waals surface area (Å²) in [5.41, 5.74) is 16.5. The van der Waals surface area contributed by atoms with E-state index in [1.807, 2.05) is 11.3 Å². The van der Waals surface area contributed by atoms with Crippen LogP contribution in [0.15, 0.2) is 174 Å². The second-order valence-corrected chi connectivity index (χ2v) is 16.0. The molecular weight excluding hydrogens is 715 g/mol. The van der Waals surface area contributed by atoms with Gasteiger partial charge in [-0.1, -0.05) is 137 Å². The molecule has 52 heavy (non-hydrogen) atoms. The first-order chi connectivity index (χ1) is 25.7. The minimum absolute atomic E-state index is 0.385. The minimum Gasteiger partial charge on any atom is -0.309 e. The molecule has 0 bridgehead atoms. The van der Waals surface area contributed by atoms with Gasteiger partial charge in [0.2, 0.25) is 0 Å². The molecule has 8 aromatic carbocycles. The number of hydrogen-bond acceptors (Lipinski definition) is 1. The van der Waals surface area contributed by atoms with Gasteiger partial charge in [-0.2, -0.15) is 0 Å². The van der Waals surface area contributed by atoms with Crippen molar-refractivity contribution in [2.24, 2.45) is 0 Å². The Hall–Kier alpha value is -5.74. The van der Waals surface area contributed by atoms with Crippen LogP contribution in [0, 0.1) is 0 Å². The maximum Gasteiger partial charge on any atom is 0.0726 e. The molecule has 0 saturated carbocycles. The van der Waals surface area contributed by atoms with E-state index in [2.05, 4.69) is 190 Å². The van der Waals surface area contributed by atoms with Crippen molar-refractivity contribution in [1.29, 1.82) is 0 Å². The van der Waals surface area contributed by atoms with E-state index in [1.54, 1.807) is 0 Å². The van der Waals surface area contributed by atoms with Gasteiger partial charge in [-0.3, -0.25) is 0 Å². The Morgan fingerprint density at radius 3 is 1.85 bits per heavy atom. The Labute approximate surface area is 313 Å².